The maximum Gasteiger partial charge on any atom is 0.340 e. The zero-order valence-electron chi connectivity index (χ0n) is 12.4. The van der Waals surface area contributed by atoms with E-state index in [1.165, 1.54) is 4.90 Å². The number of carbonyl (C=O) groups is 2. The van der Waals surface area contributed by atoms with Gasteiger partial charge >= 0.3 is 5.97 Å². The molecule has 4 nitrogen and oxygen atoms in total. The summed E-state index contributed by atoms with van der Waals surface area (Å²) in [6.45, 7) is 1.60. The standard InChI is InChI=1S/C17H16ClNO3/c1-12-6-5-7-13(10-12)19(2)16(20)11-22-17(21)14-8-3-4-9-15(14)18/h3-10H,11H2,1-2H3. The highest BCUT2D eigenvalue weighted by molar-refractivity contribution is 6.33. The third-order valence-electron chi connectivity index (χ3n) is 3.18. The van der Waals surface area contributed by atoms with Crippen molar-refractivity contribution in [3.05, 3.63) is 64.7 Å². The lowest BCUT2D eigenvalue weighted by Crippen LogP contribution is -2.31. The van der Waals surface area contributed by atoms with E-state index >= 15 is 0 Å². The number of rotatable bonds is 4. The van der Waals surface area contributed by atoms with Crippen molar-refractivity contribution in [1.29, 1.82) is 0 Å². The van der Waals surface area contributed by atoms with Gasteiger partial charge in [-0.3, -0.25) is 4.79 Å². The van der Waals surface area contributed by atoms with E-state index in [1.807, 2.05) is 31.2 Å². The molecule has 2 aromatic rings. The fraction of sp³-hybridized carbons (Fsp3) is 0.176. The van der Waals surface area contributed by atoms with Crippen molar-refractivity contribution in [3.63, 3.8) is 0 Å². The van der Waals surface area contributed by atoms with Gasteiger partial charge in [0, 0.05) is 12.7 Å². The van der Waals surface area contributed by atoms with Gasteiger partial charge < -0.3 is 9.64 Å². The first-order valence-corrected chi connectivity index (χ1v) is 7.11. The third kappa shape index (κ3) is 3.86. The molecule has 0 N–H and O–H groups in total. The van der Waals surface area contributed by atoms with E-state index in [9.17, 15) is 9.59 Å². The second-order valence-electron chi connectivity index (χ2n) is 4.85. The van der Waals surface area contributed by atoms with Gasteiger partial charge in [0.2, 0.25) is 0 Å². The fourth-order valence-electron chi connectivity index (χ4n) is 1.91. The number of benzene rings is 2. The number of hydrogen-bond acceptors (Lipinski definition) is 3. The largest absolute Gasteiger partial charge is 0.452 e. The molecule has 0 aliphatic carbocycles. The summed E-state index contributed by atoms with van der Waals surface area (Å²) >= 11 is 5.91. The van der Waals surface area contributed by atoms with Crippen LogP contribution in [0.1, 0.15) is 15.9 Å². The number of carbonyl (C=O) groups excluding carboxylic acids is 2. The molecule has 0 aliphatic rings. The number of ether oxygens (including phenoxy) is 1. The molecule has 0 fully saturated rings. The van der Waals surface area contributed by atoms with E-state index in [0.717, 1.165) is 11.3 Å². The van der Waals surface area contributed by atoms with Crippen LogP contribution in [0.5, 0.6) is 0 Å². The summed E-state index contributed by atoms with van der Waals surface area (Å²) < 4.78 is 5.03. The Hall–Kier alpha value is -2.33. The highest BCUT2D eigenvalue weighted by atomic mass is 35.5. The fourth-order valence-corrected chi connectivity index (χ4v) is 2.12. The van der Waals surface area contributed by atoms with Gasteiger partial charge in [-0.15, -0.1) is 0 Å². The van der Waals surface area contributed by atoms with Gasteiger partial charge in [-0.05, 0) is 36.8 Å². The summed E-state index contributed by atoms with van der Waals surface area (Å²) in [5.41, 5.74) is 2.04. The monoisotopic (exact) mass is 317 g/mol. The SMILES string of the molecule is Cc1cccc(N(C)C(=O)COC(=O)c2ccccc2Cl)c1. The smallest absolute Gasteiger partial charge is 0.340 e. The minimum Gasteiger partial charge on any atom is -0.452 e. The van der Waals surface area contributed by atoms with Crippen LogP contribution in [0, 0.1) is 6.92 Å². The van der Waals surface area contributed by atoms with E-state index in [2.05, 4.69) is 0 Å². The van der Waals surface area contributed by atoms with Gasteiger partial charge in [0.1, 0.15) is 0 Å². The van der Waals surface area contributed by atoms with Crippen LogP contribution in [0.25, 0.3) is 0 Å². The van der Waals surface area contributed by atoms with Crippen LogP contribution in [0.15, 0.2) is 48.5 Å². The van der Waals surface area contributed by atoms with E-state index in [1.54, 1.807) is 31.3 Å². The van der Waals surface area contributed by atoms with Crippen molar-refractivity contribution < 1.29 is 14.3 Å². The first-order chi connectivity index (χ1) is 10.5. The van der Waals surface area contributed by atoms with Gasteiger partial charge in [0.15, 0.2) is 6.61 Å². The molecule has 0 heterocycles. The van der Waals surface area contributed by atoms with Crippen molar-refractivity contribution in [1.82, 2.24) is 0 Å². The Bertz CT molecular complexity index is 700. The van der Waals surface area contributed by atoms with Gasteiger partial charge in [0.05, 0.1) is 10.6 Å². The van der Waals surface area contributed by atoms with Crippen LogP contribution in [0.2, 0.25) is 5.02 Å². The second-order valence-corrected chi connectivity index (χ2v) is 5.25. The predicted octanol–water partition coefficient (Wildman–Crippen LogP) is 3.47. The lowest BCUT2D eigenvalue weighted by atomic mass is 10.2. The van der Waals surface area contributed by atoms with E-state index in [-0.39, 0.29) is 18.1 Å². The van der Waals surface area contributed by atoms with Crippen molar-refractivity contribution in [2.45, 2.75) is 6.92 Å². The first-order valence-electron chi connectivity index (χ1n) is 6.74. The van der Waals surface area contributed by atoms with E-state index < -0.39 is 5.97 Å². The number of likely N-dealkylation sites (N-methyl/N-ethyl adjacent to an activating group) is 1. The molecule has 0 aromatic heterocycles. The Balaban J connectivity index is 1.98. The number of aryl methyl sites for hydroxylation is 1. The second kappa shape index (κ2) is 7.09. The summed E-state index contributed by atoms with van der Waals surface area (Å²) in [6, 6.07) is 14.1. The first kappa shape index (κ1) is 16.0. The average Bonchev–Trinajstić information content (AvgIpc) is 2.52. The Morgan fingerprint density at radius 3 is 2.55 bits per heavy atom. The highest BCUT2D eigenvalue weighted by Crippen LogP contribution is 2.17. The van der Waals surface area contributed by atoms with Gasteiger partial charge in [-0.1, -0.05) is 35.9 Å². The van der Waals surface area contributed by atoms with Gasteiger partial charge in [-0.2, -0.15) is 0 Å². The van der Waals surface area contributed by atoms with Crippen molar-refractivity contribution in [3.8, 4) is 0 Å². The average molecular weight is 318 g/mol. The third-order valence-corrected chi connectivity index (χ3v) is 3.51. The normalized spacial score (nSPS) is 10.1. The maximum absolute atomic E-state index is 12.1. The molecule has 0 aliphatic heterocycles. The molecule has 0 spiro atoms. The number of amides is 1. The molecule has 114 valence electrons. The van der Waals surface area contributed by atoms with E-state index in [4.69, 9.17) is 16.3 Å². The molecule has 0 bridgehead atoms. The van der Waals surface area contributed by atoms with Crippen LogP contribution in [0.3, 0.4) is 0 Å². The maximum atomic E-state index is 12.1. The lowest BCUT2D eigenvalue weighted by molar-refractivity contribution is -0.121. The van der Waals surface area contributed by atoms with Crippen molar-refractivity contribution >= 4 is 29.2 Å². The molecule has 2 rings (SSSR count). The van der Waals surface area contributed by atoms with Crippen LogP contribution in [-0.2, 0) is 9.53 Å². The molecule has 2 aromatic carbocycles. The van der Waals surface area contributed by atoms with Gasteiger partial charge in [-0.25, -0.2) is 4.79 Å². The number of hydrogen-bond donors (Lipinski definition) is 0. The molecule has 0 saturated heterocycles. The summed E-state index contributed by atoms with van der Waals surface area (Å²) in [4.78, 5) is 25.4. The Morgan fingerprint density at radius 1 is 1.14 bits per heavy atom. The van der Waals surface area contributed by atoms with Crippen LogP contribution in [0.4, 0.5) is 5.69 Å². The van der Waals surface area contributed by atoms with Crippen LogP contribution in [-0.4, -0.2) is 25.5 Å². The molecular formula is C17H16ClNO3. The zero-order valence-corrected chi connectivity index (χ0v) is 13.1. The van der Waals surface area contributed by atoms with E-state index in [0.29, 0.717) is 5.02 Å². The molecule has 0 unspecified atom stereocenters. The minimum absolute atomic E-state index is 0.246. The summed E-state index contributed by atoms with van der Waals surface area (Å²) in [7, 11) is 1.64. The zero-order chi connectivity index (χ0) is 16.1. The van der Waals surface area contributed by atoms with Crippen molar-refractivity contribution in [2.24, 2.45) is 0 Å². The predicted molar refractivity (Wildman–Crippen MR) is 86.3 cm³/mol. The summed E-state index contributed by atoms with van der Waals surface area (Å²) in [5.74, 6) is -0.928. The number of esters is 1. The topological polar surface area (TPSA) is 46.6 Å². The van der Waals surface area contributed by atoms with Crippen molar-refractivity contribution in [2.75, 3.05) is 18.6 Å². The number of nitrogens with zero attached hydrogens (tertiary/aromatic N) is 1. The van der Waals surface area contributed by atoms with Gasteiger partial charge in [0.25, 0.3) is 5.91 Å². The Morgan fingerprint density at radius 2 is 1.86 bits per heavy atom. The molecule has 0 saturated carbocycles. The molecule has 1 amide bonds. The molecule has 0 radical (unpaired) electrons. The molecule has 0 atom stereocenters. The number of halogens is 1. The van der Waals surface area contributed by atoms with Crippen LogP contribution < -0.4 is 4.90 Å². The lowest BCUT2D eigenvalue weighted by Gasteiger charge is -2.17. The molecular weight excluding hydrogens is 302 g/mol. The molecule has 5 heteroatoms. The number of anilines is 1. The minimum atomic E-state index is -0.614. The van der Waals surface area contributed by atoms with Crippen LogP contribution >= 0.6 is 11.6 Å². The Labute approximate surface area is 134 Å². The quantitative estimate of drug-likeness (QED) is 0.811. The Kier molecular flexibility index (Phi) is 5.17. The molecule has 22 heavy (non-hydrogen) atoms. The summed E-state index contributed by atoms with van der Waals surface area (Å²) in [5, 5.41) is 0.298. The highest BCUT2D eigenvalue weighted by Gasteiger charge is 2.16. The summed E-state index contributed by atoms with van der Waals surface area (Å²) in [6.07, 6.45) is 0.